The Hall–Kier alpha value is 0.537. The molecule has 4 nitrogen and oxygen atoms in total. The number of rotatable bonds is 5. The standard InChI is InChI=1S/C8H18BrNO3Si/c1-11-14(12-2,13-3)10-8-6-4-5-7(8)9/h7-8,10H,4-6H2,1-3H3. The molecule has 0 bridgehead atoms. The van der Waals surface area contributed by atoms with Gasteiger partial charge in [-0.15, -0.1) is 0 Å². The van der Waals surface area contributed by atoms with E-state index >= 15 is 0 Å². The van der Waals surface area contributed by atoms with Gasteiger partial charge in [0, 0.05) is 32.2 Å². The molecule has 0 aromatic carbocycles. The van der Waals surface area contributed by atoms with Crippen molar-refractivity contribution in [2.45, 2.75) is 30.1 Å². The lowest BCUT2D eigenvalue weighted by molar-refractivity contribution is 0.106. The molecule has 1 rings (SSSR count). The molecule has 0 aromatic rings. The van der Waals surface area contributed by atoms with Crippen molar-refractivity contribution in [3.05, 3.63) is 0 Å². The fourth-order valence-corrected chi connectivity index (χ4v) is 4.35. The summed E-state index contributed by atoms with van der Waals surface area (Å²) in [6.07, 6.45) is 3.56. The fraction of sp³-hybridized carbons (Fsp3) is 1.00. The van der Waals surface area contributed by atoms with E-state index in [4.69, 9.17) is 13.3 Å². The molecule has 0 aromatic heterocycles. The predicted molar refractivity (Wildman–Crippen MR) is 60.3 cm³/mol. The van der Waals surface area contributed by atoms with Gasteiger partial charge in [0.2, 0.25) is 0 Å². The van der Waals surface area contributed by atoms with Crippen molar-refractivity contribution in [1.29, 1.82) is 0 Å². The summed E-state index contributed by atoms with van der Waals surface area (Å²) in [5.41, 5.74) is 0. The number of hydrogen-bond donors (Lipinski definition) is 1. The van der Waals surface area contributed by atoms with Crippen molar-refractivity contribution in [2.24, 2.45) is 0 Å². The molecule has 0 radical (unpaired) electrons. The van der Waals surface area contributed by atoms with Gasteiger partial charge in [-0.05, 0) is 12.8 Å². The van der Waals surface area contributed by atoms with Crippen molar-refractivity contribution < 1.29 is 13.3 Å². The van der Waals surface area contributed by atoms with E-state index < -0.39 is 8.97 Å². The zero-order valence-electron chi connectivity index (χ0n) is 8.88. The monoisotopic (exact) mass is 283 g/mol. The van der Waals surface area contributed by atoms with Gasteiger partial charge in [0.1, 0.15) is 0 Å². The van der Waals surface area contributed by atoms with Crippen LogP contribution in [0.4, 0.5) is 0 Å². The van der Waals surface area contributed by atoms with Gasteiger partial charge in [0.25, 0.3) is 0 Å². The number of alkyl halides is 1. The molecule has 1 aliphatic rings. The second-order valence-corrected chi connectivity index (χ2v) is 7.17. The summed E-state index contributed by atoms with van der Waals surface area (Å²) in [4.78, 5) is 3.85. The van der Waals surface area contributed by atoms with Crippen LogP contribution in [0.1, 0.15) is 19.3 Å². The van der Waals surface area contributed by atoms with Crippen LogP contribution < -0.4 is 4.98 Å². The zero-order chi connectivity index (χ0) is 10.6. The predicted octanol–water partition coefficient (Wildman–Crippen LogP) is 1.27. The van der Waals surface area contributed by atoms with Crippen molar-refractivity contribution in [2.75, 3.05) is 21.3 Å². The fourth-order valence-electron chi connectivity index (χ4n) is 1.73. The third kappa shape index (κ3) is 2.77. The minimum absolute atomic E-state index is 0.390. The first kappa shape index (κ1) is 12.6. The maximum Gasteiger partial charge on any atom is 0.596 e. The first-order valence-corrected chi connectivity index (χ1v) is 7.38. The first-order valence-electron chi connectivity index (χ1n) is 4.74. The van der Waals surface area contributed by atoms with Gasteiger partial charge >= 0.3 is 8.97 Å². The Bertz CT molecular complexity index is 172. The van der Waals surface area contributed by atoms with Crippen molar-refractivity contribution in [1.82, 2.24) is 4.98 Å². The van der Waals surface area contributed by atoms with Gasteiger partial charge < -0.3 is 13.3 Å². The largest absolute Gasteiger partial charge is 0.596 e. The van der Waals surface area contributed by atoms with Crippen LogP contribution in [0.15, 0.2) is 0 Å². The summed E-state index contributed by atoms with van der Waals surface area (Å²) < 4.78 is 15.9. The maximum absolute atomic E-state index is 5.31. The molecule has 0 aliphatic heterocycles. The van der Waals surface area contributed by atoms with Crippen LogP contribution in [0.2, 0.25) is 0 Å². The highest BCUT2D eigenvalue weighted by atomic mass is 79.9. The summed E-state index contributed by atoms with van der Waals surface area (Å²) in [7, 11) is 2.24. The van der Waals surface area contributed by atoms with E-state index in [0.717, 1.165) is 6.42 Å². The maximum atomic E-state index is 5.31. The highest BCUT2D eigenvalue weighted by Gasteiger charge is 2.43. The lowest BCUT2D eigenvalue weighted by Crippen LogP contribution is -2.61. The first-order chi connectivity index (χ1) is 6.67. The quantitative estimate of drug-likeness (QED) is 0.609. The van der Waals surface area contributed by atoms with Gasteiger partial charge in [0.15, 0.2) is 0 Å². The van der Waals surface area contributed by atoms with Crippen LogP contribution in [0.5, 0.6) is 0 Å². The Morgan fingerprint density at radius 1 is 1.14 bits per heavy atom. The van der Waals surface area contributed by atoms with Crippen molar-refractivity contribution in [3.63, 3.8) is 0 Å². The highest BCUT2D eigenvalue weighted by Crippen LogP contribution is 2.26. The molecule has 1 saturated carbocycles. The molecule has 0 amide bonds. The Labute approximate surface area is 94.9 Å². The average molecular weight is 284 g/mol. The molecule has 6 heteroatoms. The van der Waals surface area contributed by atoms with E-state index in [2.05, 4.69) is 20.9 Å². The molecular weight excluding hydrogens is 266 g/mol. The Morgan fingerprint density at radius 2 is 1.71 bits per heavy atom. The molecule has 84 valence electrons. The van der Waals surface area contributed by atoms with E-state index in [1.54, 1.807) is 21.3 Å². The van der Waals surface area contributed by atoms with Crippen LogP contribution in [-0.2, 0) is 13.3 Å². The molecule has 1 N–H and O–H groups in total. The van der Waals surface area contributed by atoms with Crippen LogP contribution in [0.25, 0.3) is 0 Å². The number of hydrogen-bond acceptors (Lipinski definition) is 4. The van der Waals surface area contributed by atoms with E-state index in [9.17, 15) is 0 Å². The van der Waals surface area contributed by atoms with Crippen molar-refractivity contribution >= 4 is 24.9 Å². The van der Waals surface area contributed by atoms with E-state index in [0.29, 0.717) is 10.9 Å². The Morgan fingerprint density at radius 3 is 2.07 bits per heavy atom. The molecule has 2 atom stereocenters. The van der Waals surface area contributed by atoms with Crippen LogP contribution in [0.3, 0.4) is 0 Å². The van der Waals surface area contributed by atoms with E-state index in [-0.39, 0.29) is 0 Å². The lowest BCUT2D eigenvalue weighted by Gasteiger charge is -2.29. The topological polar surface area (TPSA) is 39.7 Å². The second-order valence-electron chi connectivity index (χ2n) is 3.37. The minimum atomic E-state index is -2.60. The molecule has 14 heavy (non-hydrogen) atoms. The Kier molecular flexibility index (Phi) is 5.02. The summed E-state index contributed by atoms with van der Waals surface area (Å²) >= 11 is 3.64. The average Bonchev–Trinajstić information content (AvgIpc) is 2.61. The van der Waals surface area contributed by atoms with E-state index in [1.165, 1.54) is 12.8 Å². The minimum Gasteiger partial charge on any atom is -0.364 e. The van der Waals surface area contributed by atoms with Crippen LogP contribution >= 0.6 is 15.9 Å². The SMILES string of the molecule is CO[Si](NC1CCCC1Br)(OC)OC. The molecule has 0 spiro atoms. The van der Waals surface area contributed by atoms with Crippen LogP contribution in [0, 0.1) is 0 Å². The normalized spacial score (nSPS) is 28.3. The lowest BCUT2D eigenvalue weighted by atomic mass is 10.3. The van der Waals surface area contributed by atoms with Crippen LogP contribution in [-0.4, -0.2) is 41.2 Å². The van der Waals surface area contributed by atoms with Gasteiger partial charge in [-0.3, -0.25) is 4.98 Å². The van der Waals surface area contributed by atoms with Gasteiger partial charge in [0.05, 0.1) is 0 Å². The molecule has 0 heterocycles. The molecular formula is C8H18BrNO3Si. The summed E-state index contributed by atoms with van der Waals surface area (Å²) in [6.45, 7) is 0. The van der Waals surface area contributed by atoms with Gasteiger partial charge in [-0.1, -0.05) is 22.4 Å². The Balaban J connectivity index is 2.54. The third-order valence-electron chi connectivity index (χ3n) is 2.60. The summed E-state index contributed by atoms with van der Waals surface area (Å²) in [5, 5.41) is 0. The third-order valence-corrected chi connectivity index (χ3v) is 6.03. The second kappa shape index (κ2) is 5.57. The van der Waals surface area contributed by atoms with Gasteiger partial charge in [-0.2, -0.15) is 0 Å². The molecule has 2 unspecified atom stereocenters. The summed E-state index contributed by atoms with van der Waals surface area (Å²) in [6, 6.07) is 0.390. The number of nitrogens with one attached hydrogen (secondary N) is 1. The smallest absolute Gasteiger partial charge is 0.364 e. The zero-order valence-corrected chi connectivity index (χ0v) is 11.5. The van der Waals surface area contributed by atoms with Gasteiger partial charge in [-0.25, -0.2) is 0 Å². The summed E-state index contributed by atoms with van der Waals surface area (Å²) in [5.74, 6) is 0. The van der Waals surface area contributed by atoms with Crippen molar-refractivity contribution in [3.8, 4) is 0 Å². The molecule has 1 aliphatic carbocycles. The highest BCUT2D eigenvalue weighted by molar-refractivity contribution is 9.09. The molecule has 0 saturated heterocycles. The number of halogens is 1. The van der Waals surface area contributed by atoms with E-state index in [1.807, 2.05) is 0 Å². The molecule has 1 fully saturated rings.